The maximum absolute atomic E-state index is 16.3. The molecular weight excluding hydrogens is 644 g/mol. The molecule has 2 fully saturated rings. The number of benzene rings is 3. The summed E-state index contributed by atoms with van der Waals surface area (Å²) in [7, 11) is -1.94. The zero-order chi connectivity index (χ0) is 34.7. The number of carbonyl (C=O) groups excluding carboxylic acids is 2. The van der Waals surface area contributed by atoms with Crippen molar-refractivity contribution in [1.29, 1.82) is 0 Å². The number of nitrogens with zero attached hydrogens (tertiary/aromatic N) is 4. The highest BCUT2D eigenvalue weighted by Crippen LogP contribution is 2.60. The monoisotopic (exact) mass is 684 g/mol. The molecule has 10 nitrogen and oxygen atoms in total. The molecule has 0 unspecified atom stereocenters. The number of fused-ring (bicyclic) bond motifs is 3. The first-order chi connectivity index (χ1) is 23.5. The fourth-order valence-corrected chi connectivity index (χ4v) is 10.8. The molecule has 3 aliphatic heterocycles. The van der Waals surface area contributed by atoms with Gasteiger partial charge < -0.3 is 28.5 Å². The molecule has 2 amide bonds. The zero-order valence-corrected chi connectivity index (χ0v) is 29.1. The number of anilines is 1. The highest BCUT2D eigenvalue weighted by atomic mass is 28.4. The van der Waals surface area contributed by atoms with Crippen molar-refractivity contribution in [1.82, 2.24) is 14.7 Å². The lowest BCUT2D eigenvalue weighted by Gasteiger charge is -2.31. The number of methoxy groups -OCH3 is 1. The van der Waals surface area contributed by atoms with Gasteiger partial charge in [0.05, 0.1) is 61.8 Å². The lowest BCUT2D eigenvalue weighted by Crippen LogP contribution is -2.45. The van der Waals surface area contributed by atoms with Gasteiger partial charge in [-0.3, -0.25) is 14.4 Å². The zero-order valence-electron chi connectivity index (χ0n) is 28.1. The quantitative estimate of drug-likeness (QED) is 0.203. The number of rotatable bonds is 8. The van der Waals surface area contributed by atoms with E-state index in [2.05, 4.69) is 5.10 Å². The number of hydrogen-bond donors (Lipinski definition) is 1. The summed E-state index contributed by atoms with van der Waals surface area (Å²) >= 11 is 0. The summed E-state index contributed by atoms with van der Waals surface area (Å²) in [6, 6.07) is 19.7. The molecule has 3 aromatic carbocycles. The molecule has 12 heteroatoms. The Morgan fingerprint density at radius 3 is 2.59 bits per heavy atom. The average molecular weight is 685 g/mol. The minimum absolute atomic E-state index is 0.0656. The van der Waals surface area contributed by atoms with Crippen LogP contribution in [0.2, 0.25) is 18.6 Å². The van der Waals surface area contributed by atoms with Gasteiger partial charge in [-0.15, -0.1) is 0 Å². The van der Waals surface area contributed by atoms with Gasteiger partial charge in [-0.25, -0.2) is 0 Å². The van der Waals surface area contributed by atoms with Gasteiger partial charge in [0.2, 0.25) is 14.3 Å². The van der Waals surface area contributed by atoms with Crippen molar-refractivity contribution < 1.29 is 28.3 Å². The van der Waals surface area contributed by atoms with Crippen LogP contribution in [0.1, 0.15) is 37.3 Å². The number of ether oxygens (including phenoxy) is 2. The van der Waals surface area contributed by atoms with Crippen LogP contribution in [-0.2, 0) is 26.5 Å². The average Bonchev–Trinajstić information content (AvgIpc) is 3.75. The predicted octanol–water partition coefficient (Wildman–Crippen LogP) is 5.09. The summed E-state index contributed by atoms with van der Waals surface area (Å²) in [6.07, 6.45) is 2.30. The van der Waals surface area contributed by atoms with Gasteiger partial charge >= 0.3 is 0 Å². The molecule has 1 N–H and O–H groups in total. The molecule has 3 aliphatic rings. The third-order valence-corrected chi connectivity index (χ3v) is 13.1. The maximum atomic E-state index is 16.3. The van der Waals surface area contributed by atoms with E-state index in [0.717, 1.165) is 23.8 Å². The maximum Gasteiger partial charge on any atom is 0.279 e. The Balaban J connectivity index is 1.22. The van der Waals surface area contributed by atoms with Crippen molar-refractivity contribution >= 4 is 36.7 Å². The summed E-state index contributed by atoms with van der Waals surface area (Å²) in [5.74, 6) is -0.535. The van der Waals surface area contributed by atoms with Crippen LogP contribution < -0.4 is 15.2 Å². The molecule has 0 radical (unpaired) electrons. The van der Waals surface area contributed by atoms with Gasteiger partial charge in [-0.05, 0) is 67.9 Å². The van der Waals surface area contributed by atoms with E-state index in [1.807, 2.05) is 43.3 Å². The van der Waals surface area contributed by atoms with Crippen LogP contribution in [0.3, 0.4) is 0 Å². The van der Waals surface area contributed by atoms with Crippen LogP contribution in [-0.4, -0.2) is 72.4 Å². The van der Waals surface area contributed by atoms with Crippen LogP contribution in [0.5, 0.6) is 5.75 Å². The van der Waals surface area contributed by atoms with Crippen molar-refractivity contribution in [3.8, 4) is 11.4 Å². The lowest BCUT2D eigenvalue weighted by atomic mass is 9.82. The molecule has 5 atom stereocenters. The van der Waals surface area contributed by atoms with Gasteiger partial charge in [-0.2, -0.15) is 9.78 Å². The molecule has 4 heterocycles. The minimum atomic E-state index is -3.49. The van der Waals surface area contributed by atoms with Gasteiger partial charge in [0.25, 0.3) is 11.5 Å². The van der Waals surface area contributed by atoms with Crippen molar-refractivity contribution in [3.05, 3.63) is 94.4 Å². The second-order valence-electron chi connectivity index (χ2n) is 13.9. The summed E-state index contributed by atoms with van der Waals surface area (Å²) in [5.41, 5.74) is 0.257. The van der Waals surface area contributed by atoms with Gasteiger partial charge in [0.1, 0.15) is 5.75 Å². The third kappa shape index (κ3) is 5.46. The van der Waals surface area contributed by atoms with Gasteiger partial charge in [0, 0.05) is 29.0 Å². The molecule has 1 aromatic heterocycles. The molecule has 256 valence electrons. The number of aliphatic hydroxyl groups is 1. The number of aromatic nitrogens is 2. The lowest BCUT2D eigenvalue weighted by molar-refractivity contribution is -0.150. The van der Waals surface area contributed by atoms with E-state index in [1.54, 1.807) is 66.5 Å². The first kappa shape index (κ1) is 33.1. The SMILES string of the molecule is COc1ccc2c(c1)[C@]1(O[C@@H](CC(=O)N3CCC[C@H]3CO)[C@H]([Si](C)(C)F)[C@H]1C)C(=O)N2Cc1ccc(-n2ncc3ccccc3c2=O)cc1. The van der Waals surface area contributed by atoms with E-state index >= 15 is 4.11 Å². The van der Waals surface area contributed by atoms with E-state index < -0.39 is 31.6 Å². The molecule has 0 bridgehead atoms. The third-order valence-electron chi connectivity index (χ3n) is 10.7. The molecule has 49 heavy (non-hydrogen) atoms. The number of aliphatic hydroxyl groups excluding tert-OH is 1. The molecule has 7 rings (SSSR count). The Kier molecular flexibility index (Phi) is 8.44. The number of amides is 2. The van der Waals surface area contributed by atoms with Crippen LogP contribution in [0, 0.1) is 5.92 Å². The van der Waals surface area contributed by atoms with E-state index in [1.165, 1.54) is 4.68 Å². The second-order valence-corrected chi connectivity index (χ2v) is 17.7. The van der Waals surface area contributed by atoms with Crippen LogP contribution in [0.4, 0.5) is 9.80 Å². The molecule has 2 saturated heterocycles. The Morgan fingerprint density at radius 1 is 1.12 bits per heavy atom. The normalized spacial score (nSPS) is 25.1. The van der Waals surface area contributed by atoms with Crippen molar-refractivity contribution in [2.24, 2.45) is 5.92 Å². The van der Waals surface area contributed by atoms with E-state index in [9.17, 15) is 19.5 Å². The fourth-order valence-electron chi connectivity index (χ4n) is 8.35. The van der Waals surface area contributed by atoms with Crippen LogP contribution in [0.15, 0.2) is 77.7 Å². The number of likely N-dealkylation sites (tertiary alicyclic amines) is 1. The van der Waals surface area contributed by atoms with Crippen molar-refractivity contribution in [3.63, 3.8) is 0 Å². The second kappa shape index (κ2) is 12.5. The highest BCUT2D eigenvalue weighted by Gasteiger charge is 2.67. The molecule has 1 spiro atoms. The first-order valence-corrected chi connectivity index (χ1v) is 19.8. The first-order valence-electron chi connectivity index (χ1n) is 16.8. The minimum Gasteiger partial charge on any atom is -0.497 e. The number of hydrogen-bond acceptors (Lipinski definition) is 7. The van der Waals surface area contributed by atoms with Crippen LogP contribution in [0.25, 0.3) is 16.5 Å². The molecule has 0 saturated carbocycles. The fraction of sp³-hybridized carbons (Fsp3) is 0.405. The summed E-state index contributed by atoms with van der Waals surface area (Å²) in [6.45, 7) is 5.70. The molecule has 4 aromatic rings. The summed E-state index contributed by atoms with van der Waals surface area (Å²) in [4.78, 5) is 44.9. The highest BCUT2D eigenvalue weighted by molar-refractivity contribution is 6.72. The standard InChI is InChI=1S/C37H41FN4O6Si/c1-23-34(49(3,4)38)32(19-33(44)40-17-7-9-27(40)22-43)48-37(23)30-18-28(47-2)15-16-31(30)41(36(37)46)21-24-11-13-26(14-12-24)42-35(45)29-10-6-5-8-25(29)20-39-42/h5-6,8,10-16,18,20,23,27,32,34,43H,7,9,17,19,21-22H2,1-4H3/t23-,27+,32+,34-,37+/m1/s1. The summed E-state index contributed by atoms with van der Waals surface area (Å²) < 4.78 is 30.0. The van der Waals surface area contributed by atoms with Gasteiger partial charge in [0.15, 0.2) is 5.60 Å². The molecule has 0 aliphatic carbocycles. The van der Waals surface area contributed by atoms with Crippen LogP contribution >= 0.6 is 0 Å². The van der Waals surface area contributed by atoms with Crippen molar-refractivity contribution in [2.75, 3.05) is 25.2 Å². The Bertz CT molecular complexity index is 1980. The Labute approximate surface area is 285 Å². The van der Waals surface area contributed by atoms with E-state index in [4.69, 9.17) is 9.47 Å². The number of carbonyl (C=O) groups is 2. The van der Waals surface area contributed by atoms with Crippen molar-refractivity contribution in [2.45, 2.75) is 69.1 Å². The number of halogens is 1. The molecular formula is C37H41FN4O6Si. The topological polar surface area (TPSA) is 114 Å². The summed E-state index contributed by atoms with van der Waals surface area (Å²) in [5, 5.41) is 15.5. The van der Waals surface area contributed by atoms with E-state index in [-0.39, 0.29) is 43.0 Å². The Hall–Kier alpha value is -4.39. The van der Waals surface area contributed by atoms with E-state index in [0.29, 0.717) is 34.6 Å². The smallest absolute Gasteiger partial charge is 0.279 e. The largest absolute Gasteiger partial charge is 0.497 e. The van der Waals surface area contributed by atoms with Gasteiger partial charge in [-0.1, -0.05) is 37.3 Å². The Morgan fingerprint density at radius 2 is 1.88 bits per heavy atom. The predicted molar refractivity (Wildman–Crippen MR) is 186 cm³/mol.